The van der Waals surface area contributed by atoms with Crippen LogP contribution in [0.4, 0.5) is 4.39 Å². The molecule has 2 heterocycles. The first-order chi connectivity index (χ1) is 11.3. The summed E-state index contributed by atoms with van der Waals surface area (Å²) in [4.78, 5) is 16.0. The highest BCUT2D eigenvalue weighted by atomic mass is 32.2. The van der Waals surface area contributed by atoms with Gasteiger partial charge in [0, 0.05) is 17.5 Å². The van der Waals surface area contributed by atoms with Crippen molar-refractivity contribution < 1.29 is 22.3 Å². The SMILES string of the molecule is Cc1cccc(C2=C(c3ccc(S(C)(=O)=O)c(F)c3)COC2=O)n1. The Labute approximate surface area is 138 Å². The summed E-state index contributed by atoms with van der Waals surface area (Å²) in [6.07, 6.45) is 0.939. The minimum absolute atomic E-state index is 0.0125. The second-order valence-corrected chi connectivity index (χ2v) is 7.50. The van der Waals surface area contributed by atoms with Crippen molar-refractivity contribution in [1.29, 1.82) is 0 Å². The molecule has 0 fully saturated rings. The van der Waals surface area contributed by atoms with E-state index in [-0.39, 0.29) is 17.1 Å². The van der Waals surface area contributed by atoms with Gasteiger partial charge in [-0.2, -0.15) is 0 Å². The number of esters is 1. The Kier molecular flexibility index (Phi) is 3.96. The molecule has 124 valence electrons. The molecule has 0 bridgehead atoms. The van der Waals surface area contributed by atoms with Crippen LogP contribution in [0, 0.1) is 12.7 Å². The van der Waals surface area contributed by atoms with Gasteiger partial charge < -0.3 is 4.74 Å². The van der Waals surface area contributed by atoms with E-state index >= 15 is 0 Å². The van der Waals surface area contributed by atoms with E-state index in [1.54, 1.807) is 25.1 Å². The predicted molar refractivity (Wildman–Crippen MR) is 86.3 cm³/mol. The van der Waals surface area contributed by atoms with Gasteiger partial charge in [-0.3, -0.25) is 4.98 Å². The van der Waals surface area contributed by atoms with E-state index in [4.69, 9.17) is 4.74 Å². The Morgan fingerprint density at radius 1 is 1.21 bits per heavy atom. The van der Waals surface area contributed by atoms with Gasteiger partial charge >= 0.3 is 5.97 Å². The van der Waals surface area contributed by atoms with Gasteiger partial charge in [-0.1, -0.05) is 12.1 Å². The molecule has 0 saturated heterocycles. The summed E-state index contributed by atoms with van der Waals surface area (Å²) in [6, 6.07) is 9.00. The summed E-state index contributed by atoms with van der Waals surface area (Å²) in [5, 5.41) is 0. The highest BCUT2D eigenvalue weighted by Gasteiger charge is 2.29. The molecule has 0 N–H and O–H groups in total. The average molecular weight is 347 g/mol. The van der Waals surface area contributed by atoms with E-state index in [1.807, 2.05) is 0 Å². The number of aromatic nitrogens is 1. The highest BCUT2D eigenvalue weighted by Crippen LogP contribution is 2.33. The van der Waals surface area contributed by atoms with Crippen molar-refractivity contribution in [3.63, 3.8) is 0 Å². The summed E-state index contributed by atoms with van der Waals surface area (Å²) >= 11 is 0. The Balaban J connectivity index is 2.16. The number of sulfone groups is 1. The van der Waals surface area contributed by atoms with Gasteiger partial charge in [0.1, 0.15) is 17.3 Å². The van der Waals surface area contributed by atoms with E-state index in [2.05, 4.69) is 4.98 Å². The molecular formula is C17H14FNO4S. The largest absolute Gasteiger partial charge is 0.457 e. The fraction of sp³-hybridized carbons (Fsp3) is 0.176. The Bertz CT molecular complexity index is 980. The molecule has 2 aromatic rings. The van der Waals surface area contributed by atoms with E-state index in [0.29, 0.717) is 16.8 Å². The summed E-state index contributed by atoms with van der Waals surface area (Å²) in [6.45, 7) is 1.78. The second-order valence-electron chi connectivity index (χ2n) is 5.51. The zero-order valence-electron chi connectivity index (χ0n) is 13.0. The molecule has 7 heteroatoms. The minimum atomic E-state index is -3.66. The number of cyclic esters (lactones) is 1. The van der Waals surface area contributed by atoms with Crippen molar-refractivity contribution in [1.82, 2.24) is 4.98 Å². The lowest BCUT2D eigenvalue weighted by Gasteiger charge is -2.07. The highest BCUT2D eigenvalue weighted by molar-refractivity contribution is 7.90. The van der Waals surface area contributed by atoms with Crippen molar-refractivity contribution in [3.05, 3.63) is 59.2 Å². The maximum absolute atomic E-state index is 14.1. The number of hydrogen-bond acceptors (Lipinski definition) is 5. The lowest BCUT2D eigenvalue weighted by Crippen LogP contribution is -2.02. The monoisotopic (exact) mass is 347 g/mol. The van der Waals surface area contributed by atoms with Gasteiger partial charge in [0.15, 0.2) is 9.84 Å². The van der Waals surface area contributed by atoms with Crippen molar-refractivity contribution in [2.24, 2.45) is 0 Å². The number of rotatable bonds is 3. The molecule has 0 atom stereocenters. The molecule has 1 aromatic heterocycles. The number of nitrogens with zero attached hydrogens (tertiary/aromatic N) is 1. The van der Waals surface area contributed by atoms with E-state index in [1.165, 1.54) is 12.1 Å². The smallest absolute Gasteiger partial charge is 0.341 e. The van der Waals surface area contributed by atoms with Crippen LogP contribution < -0.4 is 0 Å². The fourth-order valence-corrected chi connectivity index (χ4v) is 3.29. The van der Waals surface area contributed by atoms with E-state index < -0.39 is 21.6 Å². The van der Waals surface area contributed by atoms with Gasteiger partial charge in [0.2, 0.25) is 0 Å². The lowest BCUT2D eigenvalue weighted by atomic mass is 9.99. The zero-order valence-corrected chi connectivity index (χ0v) is 13.9. The van der Waals surface area contributed by atoms with Gasteiger partial charge in [0.05, 0.1) is 11.3 Å². The molecule has 0 unspecified atom stereocenters. The Hall–Kier alpha value is -2.54. The number of benzene rings is 1. The van der Waals surface area contributed by atoms with Crippen molar-refractivity contribution >= 4 is 27.0 Å². The topological polar surface area (TPSA) is 73.3 Å². The molecule has 24 heavy (non-hydrogen) atoms. The summed E-state index contributed by atoms with van der Waals surface area (Å²) < 4.78 is 42.3. The van der Waals surface area contributed by atoms with Crippen LogP contribution in [0.15, 0.2) is 41.3 Å². The number of hydrogen-bond donors (Lipinski definition) is 0. The molecule has 5 nitrogen and oxygen atoms in total. The molecule has 0 amide bonds. The third-order valence-corrected chi connectivity index (χ3v) is 4.81. The van der Waals surface area contributed by atoms with Gasteiger partial charge in [0.25, 0.3) is 0 Å². The van der Waals surface area contributed by atoms with Crippen LogP contribution in [0.25, 0.3) is 11.1 Å². The maximum atomic E-state index is 14.1. The molecule has 0 spiro atoms. The first kappa shape index (κ1) is 16.3. The third-order valence-electron chi connectivity index (χ3n) is 3.68. The molecule has 1 aliphatic rings. The summed E-state index contributed by atoms with van der Waals surface area (Å²) in [5.41, 5.74) is 2.32. The molecule has 0 saturated carbocycles. The Morgan fingerprint density at radius 3 is 2.58 bits per heavy atom. The molecule has 1 aromatic carbocycles. The predicted octanol–water partition coefficient (Wildman–Crippen LogP) is 2.40. The van der Waals surface area contributed by atoms with Crippen LogP contribution >= 0.6 is 0 Å². The Morgan fingerprint density at radius 2 is 1.96 bits per heavy atom. The first-order valence-electron chi connectivity index (χ1n) is 7.11. The average Bonchev–Trinajstić information content (AvgIpc) is 2.87. The quantitative estimate of drug-likeness (QED) is 0.797. The molecular weight excluding hydrogens is 333 g/mol. The van der Waals surface area contributed by atoms with Crippen LogP contribution in [0.1, 0.15) is 17.0 Å². The number of pyridine rings is 1. The number of carbonyl (C=O) groups is 1. The number of aryl methyl sites for hydroxylation is 1. The fourth-order valence-electron chi connectivity index (χ4n) is 2.56. The lowest BCUT2D eigenvalue weighted by molar-refractivity contribution is -0.133. The van der Waals surface area contributed by atoms with E-state index in [0.717, 1.165) is 18.0 Å². The van der Waals surface area contributed by atoms with Crippen LogP contribution in [-0.2, 0) is 19.4 Å². The standard InChI is InChI=1S/C17H14FNO4S/c1-10-4-3-5-14(19-10)16-12(9-23-17(16)20)11-6-7-15(13(18)8-11)24(2,21)22/h3-8H,9H2,1-2H3. The van der Waals surface area contributed by atoms with Crippen LogP contribution in [-0.4, -0.2) is 32.2 Å². The maximum Gasteiger partial charge on any atom is 0.341 e. The van der Waals surface area contributed by atoms with Crippen LogP contribution in [0.3, 0.4) is 0 Å². The summed E-state index contributed by atoms with van der Waals surface area (Å²) in [7, 11) is -3.66. The van der Waals surface area contributed by atoms with Gasteiger partial charge in [-0.15, -0.1) is 0 Å². The summed E-state index contributed by atoms with van der Waals surface area (Å²) in [5.74, 6) is -1.39. The van der Waals surface area contributed by atoms with Crippen molar-refractivity contribution in [2.75, 3.05) is 12.9 Å². The molecule has 1 aliphatic heterocycles. The van der Waals surface area contributed by atoms with E-state index in [9.17, 15) is 17.6 Å². The van der Waals surface area contributed by atoms with Crippen LogP contribution in [0.2, 0.25) is 0 Å². The van der Waals surface area contributed by atoms with Crippen molar-refractivity contribution in [2.45, 2.75) is 11.8 Å². The minimum Gasteiger partial charge on any atom is -0.457 e. The third kappa shape index (κ3) is 2.94. The molecule has 0 aliphatic carbocycles. The van der Waals surface area contributed by atoms with Crippen LogP contribution in [0.5, 0.6) is 0 Å². The second kappa shape index (κ2) is 5.83. The van der Waals surface area contributed by atoms with Crippen molar-refractivity contribution in [3.8, 4) is 0 Å². The number of halogens is 1. The molecule has 3 rings (SSSR count). The van der Waals surface area contributed by atoms with Gasteiger partial charge in [-0.25, -0.2) is 17.6 Å². The van der Waals surface area contributed by atoms with Gasteiger partial charge in [-0.05, 0) is 36.8 Å². The number of ether oxygens (including phenoxy) is 1. The normalized spacial score (nSPS) is 14.9. The zero-order chi connectivity index (χ0) is 17.5. The molecule has 0 radical (unpaired) electrons. The first-order valence-corrected chi connectivity index (χ1v) is 9.01. The number of carbonyl (C=O) groups excluding carboxylic acids is 1.